The Morgan fingerprint density at radius 1 is 1.38 bits per heavy atom. The van der Waals surface area contributed by atoms with Crippen molar-refractivity contribution in [2.75, 3.05) is 6.66 Å². The van der Waals surface area contributed by atoms with E-state index < -0.39 is 0 Å². The standard InChI is InChI=1S/C7H13P/c1-6-8(5)7(2,3)4/h1H,2-5H3/t8-/m0/s1. The van der Waals surface area contributed by atoms with Gasteiger partial charge in [0.2, 0.25) is 0 Å². The summed E-state index contributed by atoms with van der Waals surface area (Å²) in [7, 11) is -0.192. The van der Waals surface area contributed by atoms with Gasteiger partial charge in [-0.25, -0.2) is 0 Å². The third-order valence-corrected chi connectivity index (χ3v) is 3.60. The van der Waals surface area contributed by atoms with Crippen LogP contribution >= 0.6 is 7.92 Å². The van der Waals surface area contributed by atoms with Crippen LogP contribution in [0.15, 0.2) is 0 Å². The van der Waals surface area contributed by atoms with Crippen molar-refractivity contribution in [3.05, 3.63) is 0 Å². The Kier molecular flexibility index (Phi) is 2.51. The molecular formula is C7H13P. The number of rotatable bonds is 0. The molecule has 0 aliphatic carbocycles. The van der Waals surface area contributed by atoms with Crippen LogP contribution in [0.1, 0.15) is 20.8 Å². The highest BCUT2D eigenvalue weighted by Gasteiger charge is 2.16. The Bertz CT molecular complexity index is 103. The molecule has 0 nitrogen and oxygen atoms in total. The third kappa shape index (κ3) is 2.34. The van der Waals surface area contributed by atoms with Crippen LogP contribution in [0.25, 0.3) is 0 Å². The second-order valence-electron chi connectivity index (χ2n) is 2.86. The maximum atomic E-state index is 5.24. The summed E-state index contributed by atoms with van der Waals surface area (Å²) in [4.78, 5) is 0. The van der Waals surface area contributed by atoms with Crippen LogP contribution < -0.4 is 0 Å². The average molecular weight is 128 g/mol. The molecule has 0 fully saturated rings. The molecule has 0 N–H and O–H groups in total. The van der Waals surface area contributed by atoms with Gasteiger partial charge in [0.15, 0.2) is 0 Å². The van der Waals surface area contributed by atoms with E-state index in [0.717, 1.165) is 0 Å². The maximum absolute atomic E-state index is 5.24. The highest BCUT2D eigenvalue weighted by molar-refractivity contribution is 7.63. The molecule has 1 heteroatoms. The van der Waals surface area contributed by atoms with Crippen molar-refractivity contribution in [3.63, 3.8) is 0 Å². The van der Waals surface area contributed by atoms with Gasteiger partial charge in [-0.15, -0.1) is 6.42 Å². The van der Waals surface area contributed by atoms with Gasteiger partial charge < -0.3 is 0 Å². The van der Waals surface area contributed by atoms with E-state index >= 15 is 0 Å². The fourth-order valence-electron chi connectivity index (χ4n) is 0.194. The summed E-state index contributed by atoms with van der Waals surface area (Å²) >= 11 is 0. The summed E-state index contributed by atoms with van der Waals surface area (Å²) in [5.74, 6) is 0. The van der Waals surface area contributed by atoms with Crippen molar-refractivity contribution in [2.24, 2.45) is 0 Å². The molecule has 0 heterocycles. The highest BCUT2D eigenvalue weighted by Crippen LogP contribution is 2.43. The van der Waals surface area contributed by atoms with Crippen LogP contribution in [0.5, 0.6) is 0 Å². The summed E-state index contributed by atoms with van der Waals surface area (Å²) in [6.45, 7) is 8.67. The zero-order chi connectivity index (χ0) is 6.78. The topological polar surface area (TPSA) is 0 Å². The van der Waals surface area contributed by atoms with E-state index in [1.807, 2.05) is 0 Å². The molecule has 0 amide bonds. The molecule has 0 aromatic rings. The summed E-state index contributed by atoms with van der Waals surface area (Å²) in [6.07, 6.45) is 5.24. The normalized spacial score (nSPS) is 14.9. The van der Waals surface area contributed by atoms with E-state index in [4.69, 9.17) is 6.42 Å². The van der Waals surface area contributed by atoms with Crippen LogP contribution in [0.3, 0.4) is 0 Å². The average Bonchev–Trinajstić information content (AvgIpc) is 1.62. The fraction of sp³-hybridized carbons (Fsp3) is 0.714. The van der Waals surface area contributed by atoms with Crippen molar-refractivity contribution in [1.29, 1.82) is 0 Å². The smallest absolute Gasteiger partial charge is 0.00708 e. The second kappa shape index (κ2) is 2.51. The summed E-state index contributed by atoms with van der Waals surface area (Å²) in [6, 6.07) is 0. The van der Waals surface area contributed by atoms with Crippen LogP contribution in [-0.2, 0) is 0 Å². The minimum absolute atomic E-state index is 0.192. The molecule has 1 atom stereocenters. The van der Waals surface area contributed by atoms with Crippen LogP contribution in [0.2, 0.25) is 0 Å². The Morgan fingerprint density at radius 3 is 1.75 bits per heavy atom. The lowest BCUT2D eigenvalue weighted by atomic mass is 10.3. The first-order valence-electron chi connectivity index (χ1n) is 2.68. The summed E-state index contributed by atoms with van der Waals surface area (Å²) < 4.78 is 0. The lowest BCUT2D eigenvalue weighted by molar-refractivity contribution is 0.791. The Hall–Kier alpha value is -0.0100. The van der Waals surface area contributed by atoms with Gasteiger partial charge >= 0.3 is 0 Å². The zero-order valence-corrected chi connectivity index (χ0v) is 6.92. The zero-order valence-electron chi connectivity index (χ0n) is 6.02. The fourth-order valence-corrected chi connectivity index (χ4v) is 0.581. The van der Waals surface area contributed by atoms with E-state index in [1.165, 1.54) is 0 Å². The largest absolute Gasteiger partial charge is 0.115 e. The first-order valence-corrected chi connectivity index (χ1v) is 4.47. The van der Waals surface area contributed by atoms with Crippen LogP contribution in [0, 0.1) is 12.1 Å². The van der Waals surface area contributed by atoms with Gasteiger partial charge in [0.25, 0.3) is 0 Å². The molecule has 0 rings (SSSR count). The van der Waals surface area contributed by atoms with E-state index in [-0.39, 0.29) is 7.92 Å². The first kappa shape index (κ1) is 7.99. The Labute approximate surface area is 53.4 Å². The summed E-state index contributed by atoms with van der Waals surface area (Å²) in [5, 5.41) is 0.337. The second-order valence-corrected chi connectivity index (χ2v) is 5.58. The van der Waals surface area contributed by atoms with Gasteiger partial charge in [-0.05, 0) is 19.7 Å². The predicted octanol–water partition coefficient (Wildman–Crippen LogP) is 2.49. The molecule has 0 aliphatic rings. The first-order chi connectivity index (χ1) is 3.48. The molecule has 0 aromatic heterocycles. The minimum Gasteiger partial charge on any atom is -0.115 e. The highest BCUT2D eigenvalue weighted by atomic mass is 31.1. The third-order valence-electron chi connectivity index (χ3n) is 1.20. The summed E-state index contributed by atoms with van der Waals surface area (Å²) in [5.41, 5.74) is 2.77. The number of hydrogen-bond acceptors (Lipinski definition) is 0. The molecule has 0 saturated carbocycles. The number of terminal acetylenes is 1. The van der Waals surface area contributed by atoms with Gasteiger partial charge in [0.05, 0.1) is 0 Å². The SMILES string of the molecule is C#C[P@](C)C(C)(C)C. The van der Waals surface area contributed by atoms with Gasteiger partial charge in [-0.3, -0.25) is 0 Å². The molecule has 0 aromatic carbocycles. The number of hydrogen-bond donors (Lipinski definition) is 0. The van der Waals surface area contributed by atoms with Crippen molar-refractivity contribution in [2.45, 2.75) is 25.9 Å². The quantitative estimate of drug-likeness (QED) is 0.347. The van der Waals surface area contributed by atoms with E-state index in [1.54, 1.807) is 0 Å². The molecule has 0 bridgehead atoms. The monoisotopic (exact) mass is 128 g/mol. The molecule has 8 heavy (non-hydrogen) atoms. The van der Waals surface area contributed by atoms with Crippen LogP contribution in [0.4, 0.5) is 0 Å². The van der Waals surface area contributed by atoms with Crippen LogP contribution in [-0.4, -0.2) is 11.8 Å². The lowest BCUT2D eigenvalue weighted by Crippen LogP contribution is -2.08. The Morgan fingerprint density at radius 2 is 1.75 bits per heavy atom. The predicted molar refractivity (Wildman–Crippen MR) is 41.4 cm³/mol. The van der Waals surface area contributed by atoms with E-state index in [2.05, 4.69) is 33.1 Å². The Balaban J connectivity index is 3.87. The van der Waals surface area contributed by atoms with Crippen molar-refractivity contribution < 1.29 is 0 Å². The van der Waals surface area contributed by atoms with Crippen molar-refractivity contribution in [1.82, 2.24) is 0 Å². The lowest BCUT2D eigenvalue weighted by Gasteiger charge is -2.21. The van der Waals surface area contributed by atoms with Gasteiger partial charge in [-0.1, -0.05) is 26.4 Å². The van der Waals surface area contributed by atoms with E-state index in [0.29, 0.717) is 5.16 Å². The molecule has 0 aliphatic heterocycles. The molecule has 0 radical (unpaired) electrons. The molecule has 0 spiro atoms. The minimum atomic E-state index is -0.192. The van der Waals surface area contributed by atoms with Gasteiger partial charge in [-0.2, -0.15) is 0 Å². The molecule has 46 valence electrons. The molecular weight excluding hydrogens is 115 g/mol. The van der Waals surface area contributed by atoms with Gasteiger partial charge in [0, 0.05) is 0 Å². The molecule has 0 saturated heterocycles. The maximum Gasteiger partial charge on any atom is -0.00708 e. The molecule has 0 unspecified atom stereocenters. The van der Waals surface area contributed by atoms with Crippen molar-refractivity contribution >= 4 is 7.92 Å². The van der Waals surface area contributed by atoms with E-state index in [9.17, 15) is 0 Å². The van der Waals surface area contributed by atoms with Crippen molar-refractivity contribution in [3.8, 4) is 12.1 Å². The van der Waals surface area contributed by atoms with Gasteiger partial charge in [0.1, 0.15) is 0 Å².